The number of nitrogens with one attached hydrogen (secondary N) is 3. The van der Waals surface area contributed by atoms with Crippen molar-refractivity contribution in [2.45, 2.75) is 23.5 Å². The molecule has 250 valence electrons. The van der Waals surface area contributed by atoms with Gasteiger partial charge in [-0.1, -0.05) is 72.6 Å². The third-order valence-electron chi connectivity index (χ3n) is 7.54. The van der Waals surface area contributed by atoms with Gasteiger partial charge >= 0.3 is 0 Å². The first kappa shape index (κ1) is 34.5. The number of halogens is 2. The Morgan fingerprint density at radius 1 is 0.800 bits per heavy atom. The number of para-hydroxylation sites is 2. The number of thioether (sulfide) groups is 1. The number of fused-ring (bicyclic) bond motifs is 1. The van der Waals surface area contributed by atoms with Gasteiger partial charge in [0.1, 0.15) is 11.2 Å². The van der Waals surface area contributed by atoms with Crippen molar-refractivity contribution in [2.24, 2.45) is 0 Å². The fourth-order valence-electron chi connectivity index (χ4n) is 4.98. The summed E-state index contributed by atoms with van der Waals surface area (Å²) in [4.78, 5) is 45.3. The molecule has 0 fully saturated rings. The van der Waals surface area contributed by atoms with Crippen LogP contribution in [0.3, 0.4) is 0 Å². The lowest BCUT2D eigenvalue weighted by Gasteiger charge is -2.16. The predicted octanol–water partition coefficient (Wildman–Crippen LogP) is 9.72. The Balaban J connectivity index is 1.14. The van der Waals surface area contributed by atoms with E-state index >= 15 is 0 Å². The molecule has 0 aliphatic heterocycles. The summed E-state index contributed by atoms with van der Waals surface area (Å²) < 4.78 is 5.85. The van der Waals surface area contributed by atoms with E-state index < -0.39 is 17.1 Å². The molecule has 6 rings (SSSR count). The summed E-state index contributed by atoms with van der Waals surface area (Å²) in [6.45, 7) is 1.94. The van der Waals surface area contributed by atoms with Gasteiger partial charge in [-0.05, 0) is 91.4 Å². The molecule has 0 aliphatic carbocycles. The highest BCUT2D eigenvalue weighted by molar-refractivity contribution is 8.00. The van der Waals surface area contributed by atoms with Gasteiger partial charge in [0.05, 0.1) is 5.25 Å². The molecule has 1 atom stereocenters. The Hall–Kier alpha value is -5.35. The number of nitrogens with zero attached hydrogens (tertiary/aromatic N) is 1. The monoisotopic (exact) mass is 720 g/mol. The summed E-state index contributed by atoms with van der Waals surface area (Å²) in [5, 5.41) is 8.76. The zero-order chi connectivity index (χ0) is 35.0. The molecule has 0 bridgehead atoms. The molecular weight excluding hydrogens is 691 g/mol. The quantitative estimate of drug-likeness (QED) is 0.0907. The molecule has 0 radical (unpaired) electrons. The van der Waals surface area contributed by atoms with E-state index in [-0.39, 0.29) is 11.6 Å². The molecule has 1 heterocycles. The first-order valence-corrected chi connectivity index (χ1v) is 17.3. The molecule has 3 amide bonds. The smallest absolute Gasteiger partial charge is 0.272 e. The topological polar surface area (TPSA) is 113 Å². The summed E-state index contributed by atoms with van der Waals surface area (Å²) in [5.41, 5.74) is 4.10. The molecule has 0 aliphatic rings. The van der Waals surface area contributed by atoms with Gasteiger partial charge in [0.2, 0.25) is 11.8 Å². The number of rotatable bonds is 11. The Kier molecular flexibility index (Phi) is 11.0. The number of amides is 3. The molecule has 1 unspecified atom stereocenters. The first-order chi connectivity index (χ1) is 24.3. The Bertz CT molecular complexity index is 2150. The molecule has 3 N–H and O–H groups in total. The number of hydrogen-bond donors (Lipinski definition) is 3. The van der Waals surface area contributed by atoms with E-state index in [2.05, 4.69) is 20.9 Å². The highest BCUT2D eigenvalue weighted by Crippen LogP contribution is 2.31. The van der Waals surface area contributed by atoms with E-state index in [9.17, 15) is 14.4 Å². The fraction of sp³-hybridized carbons (Fsp3) is 0.0769. The number of carbonyl (C=O) groups is 3. The molecule has 0 saturated heterocycles. The van der Waals surface area contributed by atoms with Gasteiger partial charge < -0.3 is 20.4 Å². The van der Waals surface area contributed by atoms with Crippen LogP contribution in [0.1, 0.15) is 29.3 Å². The lowest BCUT2D eigenvalue weighted by Crippen LogP contribution is -2.30. The van der Waals surface area contributed by atoms with E-state index in [1.54, 1.807) is 66.7 Å². The highest BCUT2D eigenvalue weighted by atomic mass is 35.5. The largest absolute Gasteiger partial charge is 0.436 e. The van der Waals surface area contributed by atoms with Gasteiger partial charge in [0, 0.05) is 43.0 Å². The molecule has 0 spiro atoms. The maximum absolute atomic E-state index is 13.6. The van der Waals surface area contributed by atoms with Crippen molar-refractivity contribution in [3.05, 3.63) is 148 Å². The fourth-order valence-corrected chi connectivity index (χ4v) is 6.50. The van der Waals surface area contributed by atoms with Crippen LogP contribution in [-0.2, 0) is 9.59 Å². The summed E-state index contributed by atoms with van der Waals surface area (Å²) in [5.74, 6) is -0.713. The Labute approximate surface area is 302 Å². The lowest BCUT2D eigenvalue weighted by molar-refractivity contribution is -0.116. The van der Waals surface area contributed by atoms with Crippen LogP contribution in [0.15, 0.2) is 136 Å². The average Bonchev–Trinajstić information content (AvgIpc) is 3.57. The van der Waals surface area contributed by atoms with E-state index in [1.807, 2.05) is 61.5 Å². The molecule has 50 heavy (non-hydrogen) atoms. The standard InChI is InChI=1S/C39H30Cl2N4O4S/c1-2-35(38(48)42-26-20-18-25(19-21-26)39-45-32-16-6-7-17-34(32)49-39)50-28-13-8-12-27(22-28)43-37(47)33(23-29-30(40)14-9-15-31(29)41)44-36(46)24-10-4-3-5-11-24/h3-23,35H,2H2,1H3,(H,42,48)(H,43,47)(H,44,46)/b33-23+. The molecule has 0 saturated carbocycles. The number of carbonyl (C=O) groups excluding carboxylic acids is 3. The minimum Gasteiger partial charge on any atom is -0.436 e. The first-order valence-electron chi connectivity index (χ1n) is 15.6. The van der Waals surface area contributed by atoms with Crippen molar-refractivity contribution in [2.75, 3.05) is 10.6 Å². The highest BCUT2D eigenvalue weighted by Gasteiger charge is 2.20. The van der Waals surface area contributed by atoms with Crippen molar-refractivity contribution in [1.82, 2.24) is 10.3 Å². The maximum atomic E-state index is 13.6. The van der Waals surface area contributed by atoms with Crippen molar-refractivity contribution in [3.63, 3.8) is 0 Å². The lowest BCUT2D eigenvalue weighted by atomic mass is 10.1. The second-order valence-corrected chi connectivity index (χ2v) is 13.2. The van der Waals surface area contributed by atoms with Crippen LogP contribution in [0.2, 0.25) is 10.0 Å². The number of hydrogen-bond acceptors (Lipinski definition) is 6. The van der Waals surface area contributed by atoms with Crippen LogP contribution >= 0.6 is 35.0 Å². The molecule has 6 aromatic rings. The van der Waals surface area contributed by atoms with Crippen molar-refractivity contribution in [3.8, 4) is 11.5 Å². The van der Waals surface area contributed by atoms with Crippen LogP contribution in [0.5, 0.6) is 0 Å². The zero-order valence-corrected chi connectivity index (χ0v) is 29.0. The summed E-state index contributed by atoms with van der Waals surface area (Å²) in [6.07, 6.45) is 2.00. The minimum atomic E-state index is -0.585. The predicted molar refractivity (Wildman–Crippen MR) is 201 cm³/mol. The van der Waals surface area contributed by atoms with E-state index in [1.165, 1.54) is 17.8 Å². The summed E-state index contributed by atoms with van der Waals surface area (Å²) >= 11 is 14.1. The average molecular weight is 722 g/mol. The maximum Gasteiger partial charge on any atom is 0.272 e. The molecule has 8 nitrogen and oxygen atoms in total. The van der Waals surface area contributed by atoms with E-state index in [0.29, 0.717) is 50.4 Å². The third-order valence-corrected chi connectivity index (χ3v) is 9.56. The zero-order valence-electron chi connectivity index (χ0n) is 26.7. The van der Waals surface area contributed by atoms with Gasteiger partial charge in [-0.3, -0.25) is 14.4 Å². The number of benzene rings is 5. The minimum absolute atomic E-state index is 0.0557. The van der Waals surface area contributed by atoms with Gasteiger partial charge in [-0.15, -0.1) is 11.8 Å². The van der Waals surface area contributed by atoms with Gasteiger partial charge in [-0.25, -0.2) is 4.98 Å². The van der Waals surface area contributed by atoms with E-state index in [4.69, 9.17) is 27.6 Å². The van der Waals surface area contributed by atoms with Crippen LogP contribution in [0.25, 0.3) is 28.6 Å². The Morgan fingerprint density at radius 2 is 1.50 bits per heavy atom. The summed E-state index contributed by atoms with van der Waals surface area (Å²) in [6, 6.07) is 35.5. The van der Waals surface area contributed by atoms with Crippen LogP contribution in [-0.4, -0.2) is 28.0 Å². The summed E-state index contributed by atoms with van der Waals surface area (Å²) in [7, 11) is 0. The van der Waals surface area contributed by atoms with Crippen molar-refractivity contribution >= 4 is 81.2 Å². The molecule has 5 aromatic carbocycles. The van der Waals surface area contributed by atoms with Gasteiger partial charge in [0.15, 0.2) is 5.58 Å². The molecule has 11 heteroatoms. The second kappa shape index (κ2) is 15.9. The number of aromatic nitrogens is 1. The normalized spacial score (nSPS) is 11.9. The van der Waals surface area contributed by atoms with Crippen molar-refractivity contribution in [1.29, 1.82) is 0 Å². The van der Waals surface area contributed by atoms with Gasteiger partial charge in [-0.2, -0.15) is 0 Å². The SMILES string of the molecule is CCC(Sc1cccc(NC(=O)/C(=C\c2c(Cl)cccc2Cl)NC(=O)c2ccccc2)c1)C(=O)Nc1ccc(-c2nc3ccccc3o2)cc1. The second-order valence-electron chi connectivity index (χ2n) is 11.1. The van der Waals surface area contributed by atoms with Crippen LogP contribution < -0.4 is 16.0 Å². The van der Waals surface area contributed by atoms with Crippen LogP contribution in [0, 0.1) is 0 Å². The van der Waals surface area contributed by atoms with Crippen LogP contribution in [0.4, 0.5) is 11.4 Å². The Morgan fingerprint density at radius 3 is 2.22 bits per heavy atom. The third kappa shape index (κ3) is 8.44. The number of oxazole rings is 1. The van der Waals surface area contributed by atoms with Crippen molar-refractivity contribution < 1.29 is 18.8 Å². The van der Waals surface area contributed by atoms with E-state index in [0.717, 1.165) is 16.0 Å². The molecule has 1 aromatic heterocycles. The number of anilines is 2. The molecular formula is C39H30Cl2N4O4S. The van der Waals surface area contributed by atoms with Gasteiger partial charge in [0.25, 0.3) is 11.8 Å².